The van der Waals surface area contributed by atoms with Crippen LogP contribution in [0.25, 0.3) is 111 Å². The molecule has 0 fully saturated rings. The highest BCUT2D eigenvalue weighted by Gasteiger charge is 2.45. The molecule has 2 heteroatoms. The van der Waals surface area contributed by atoms with Crippen molar-refractivity contribution in [3.63, 3.8) is 0 Å². The van der Waals surface area contributed by atoms with Crippen LogP contribution in [0.3, 0.4) is 0 Å². The Bertz CT molecular complexity index is 4910. The van der Waals surface area contributed by atoms with Crippen molar-refractivity contribution in [2.24, 2.45) is 0 Å². The van der Waals surface area contributed by atoms with Crippen LogP contribution >= 0.6 is 0 Å². The van der Waals surface area contributed by atoms with Gasteiger partial charge in [-0.25, -0.2) is 0 Å². The highest BCUT2D eigenvalue weighted by Crippen LogP contribution is 2.62. The third-order valence-electron chi connectivity index (χ3n) is 21.4. The Balaban J connectivity index is 0.783. The third-order valence-corrected chi connectivity index (χ3v) is 21.4. The molecule has 0 saturated heterocycles. The van der Waals surface area contributed by atoms with Gasteiger partial charge in [-0.2, -0.15) is 0 Å². The van der Waals surface area contributed by atoms with E-state index in [1.165, 1.54) is 122 Å². The lowest BCUT2D eigenvalue weighted by Gasteiger charge is -2.36. The van der Waals surface area contributed by atoms with Gasteiger partial charge in [0.2, 0.25) is 0 Å². The van der Waals surface area contributed by atoms with E-state index in [1.54, 1.807) is 0 Å². The van der Waals surface area contributed by atoms with Crippen molar-refractivity contribution in [3.05, 3.63) is 293 Å². The number of anilines is 3. The molecular formula is C86H65NO. The molecule has 18 rings (SSSR count). The molecule has 13 aromatic rings. The standard InChI is InChI=1S/C86H65NO/c1-83(2)68-38-32-52-24-15-17-26-58(52)80(68)66-48-72-64(46-74(66)83)62-36-30-54(42-70(62)85(72,5)6)56-34-40-78-76(44-56)87(82-60(50-20-11-9-12-21-50)28-19-29-61(82)51-22-13-10-14-23-51)77-45-57(35-41-79(77)88-78)55-31-37-63-65-47-75-67(49-73(65)86(7,8)71(63)43-55)81-59-27-18-16-25-53(59)33-39-69(81)84(75,3)4/h9-49H,1-8H3. The van der Waals surface area contributed by atoms with Crippen molar-refractivity contribution in [3.8, 4) is 101 Å². The number of fused-ring (bicyclic) bond motifs is 18. The van der Waals surface area contributed by atoms with Crippen LogP contribution in [0, 0.1) is 0 Å². The molecular weight excluding hydrogens is 1060 g/mol. The fourth-order valence-corrected chi connectivity index (χ4v) is 16.7. The van der Waals surface area contributed by atoms with Gasteiger partial charge >= 0.3 is 0 Å². The molecule has 5 aliphatic rings. The molecule has 0 unspecified atom stereocenters. The summed E-state index contributed by atoms with van der Waals surface area (Å²) in [6.07, 6.45) is 0. The van der Waals surface area contributed by atoms with Gasteiger partial charge in [-0.1, -0.05) is 243 Å². The van der Waals surface area contributed by atoms with Crippen LogP contribution in [-0.4, -0.2) is 0 Å². The summed E-state index contributed by atoms with van der Waals surface area (Å²) in [6.45, 7) is 19.3. The quantitative estimate of drug-likeness (QED) is 0.170. The van der Waals surface area contributed by atoms with Crippen LogP contribution < -0.4 is 9.64 Å². The van der Waals surface area contributed by atoms with E-state index in [0.29, 0.717) is 0 Å². The second kappa shape index (κ2) is 17.8. The molecule has 0 bridgehead atoms. The Morgan fingerprint density at radius 3 is 1.07 bits per heavy atom. The summed E-state index contributed by atoms with van der Waals surface area (Å²) in [6, 6.07) is 94.0. The molecule has 420 valence electrons. The smallest absolute Gasteiger partial charge is 0.151 e. The molecule has 0 aromatic heterocycles. The lowest BCUT2D eigenvalue weighted by molar-refractivity contribution is 0.477. The molecule has 0 amide bonds. The molecule has 0 radical (unpaired) electrons. The number of nitrogens with zero attached hydrogens (tertiary/aromatic N) is 1. The van der Waals surface area contributed by atoms with Gasteiger partial charge in [0, 0.05) is 32.8 Å². The lowest BCUT2D eigenvalue weighted by atomic mass is 9.79. The van der Waals surface area contributed by atoms with Gasteiger partial charge in [0.05, 0.1) is 17.1 Å². The van der Waals surface area contributed by atoms with Crippen molar-refractivity contribution in [1.82, 2.24) is 0 Å². The Kier molecular flexibility index (Phi) is 10.4. The number of hydrogen-bond donors (Lipinski definition) is 0. The fraction of sp³-hybridized carbons (Fsp3) is 0.140. The number of hydrogen-bond acceptors (Lipinski definition) is 2. The van der Waals surface area contributed by atoms with Gasteiger partial charge in [0.25, 0.3) is 0 Å². The van der Waals surface area contributed by atoms with Crippen molar-refractivity contribution >= 4 is 38.6 Å². The maximum Gasteiger partial charge on any atom is 0.151 e. The Labute approximate surface area is 516 Å². The second-order valence-corrected chi connectivity index (χ2v) is 27.6. The van der Waals surface area contributed by atoms with E-state index in [0.717, 1.165) is 61.9 Å². The number of para-hydroxylation sites is 1. The molecule has 13 aromatic carbocycles. The normalized spacial score (nSPS) is 15.7. The summed E-state index contributed by atoms with van der Waals surface area (Å²) in [4.78, 5) is 2.52. The van der Waals surface area contributed by atoms with E-state index in [-0.39, 0.29) is 21.7 Å². The largest absolute Gasteiger partial charge is 0.453 e. The van der Waals surface area contributed by atoms with Gasteiger partial charge in [0.1, 0.15) is 0 Å². The monoisotopic (exact) mass is 1130 g/mol. The van der Waals surface area contributed by atoms with E-state index in [4.69, 9.17) is 4.74 Å². The summed E-state index contributed by atoms with van der Waals surface area (Å²) in [5, 5.41) is 5.25. The molecule has 0 atom stereocenters. The number of benzene rings is 13. The van der Waals surface area contributed by atoms with Crippen molar-refractivity contribution in [2.75, 3.05) is 4.90 Å². The topological polar surface area (TPSA) is 12.5 Å². The third kappa shape index (κ3) is 6.95. The zero-order chi connectivity index (χ0) is 59.3. The summed E-state index contributed by atoms with van der Waals surface area (Å²) in [5.41, 5.74) is 33.6. The molecule has 0 spiro atoms. The van der Waals surface area contributed by atoms with Crippen LogP contribution in [0.15, 0.2) is 249 Å². The highest BCUT2D eigenvalue weighted by molar-refractivity contribution is 6.07. The lowest BCUT2D eigenvalue weighted by Crippen LogP contribution is -2.18. The van der Waals surface area contributed by atoms with E-state index in [2.05, 4.69) is 309 Å². The van der Waals surface area contributed by atoms with E-state index in [9.17, 15) is 0 Å². The summed E-state index contributed by atoms with van der Waals surface area (Å²) in [5.74, 6) is 1.62. The van der Waals surface area contributed by atoms with Crippen molar-refractivity contribution in [2.45, 2.75) is 77.0 Å². The summed E-state index contributed by atoms with van der Waals surface area (Å²) < 4.78 is 7.17. The molecule has 0 N–H and O–H groups in total. The first-order chi connectivity index (χ1) is 42.6. The van der Waals surface area contributed by atoms with Gasteiger partial charge < -0.3 is 9.64 Å². The van der Waals surface area contributed by atoms with Crippen LogP contribution in [0.4, 0.5) is 17.1 Å². The first-order valence-corrected chi connectivity index (χ1v) is 31.4. The molecule has 2 nitrogen and oxygen atoms in total. The number of ether oxygens (including phenoxy) is 1. The fourth-order valence-electron chi connectivity index (χ4n) is 16.7. The van der Waals surface area contributed by atoms with Gasteiger partial charge in [-0.15, -0.1) is 0 Å². The first kappa shape index (κ1) is 51.2. The minimum absolute atomic E-state index is 0.125. The maximum absolute atomic E-state index is 7.17. The van der Waals surface area contributed by atoms with Gasteiger partial charge in [-0.05, 0) is 205 Å². The predicted molar refractivity (Wildman–Crippen MR) is 368 cm³/mol. The van der Waals surface area contributed by atoms with Crippen molar-refractivity contribution in [1.29, 1.82) is 0 Å². The summed E-state index contributed by atoms with van der Waals surface area (Å²) in [7, 11) is 0. The molecule has 1 heterocycles. The zero-order valence-electron chi connectivity index (χ0n) is 51.0. The molecule has 0 saturated carbocycles. The van der Waals surface area contributed by atoms with E-state index in [1.807, 2.05) is 0 Å². The predicted octanol–water partition coefficient (Wildman–Crippen LogP) is 23.5. The second-order valence-electron chi connectivity index (χ2n) is 27.6. The molecule has 1 aliphatic heterocycles. The van der Waals surface area contributed by atoms with Gasteiger partial charge in [0.15, 0.2) is 11.5 Å². The van der Waals surface area contributed by atoms with Crippen LogP contribution in [0.2, 0.25) is 0 Å². The van der Waals surface area contributed by atoms with Crippen LogP contribution in [-0.2, 0) is 21.7 Å². The van der Waals surface area contributed by atoms with E-state index < -0.39 is 0 Å². The van der Waals surface area contributed by atoms with Gasteiger partial charge in [-0.3, -0.25) is 0 Å². The Morgan fingerprint density at radius 1 is 0.250 bits per heavy atom. The van der Waals surface area contributed by atoms with E-state index >= 15 is 0 Å². The average molecular weight is 1130 g/mol. The minimum atomic E-state index is -0.237. The first-order valence-electron chi connectivity index (χ1n) is 31.4. The average Bonchev–Trinajstić information content (AvgIpc) is 1.55. The van der Waals surface area contributed by atoms with Crippen LogP contribution in [0.1, 0.15) is 99.9 Å². The zero-order valence-corrected chi connectivity index (χ0v) is 51.0. The Hall–Kier alpha value is -10.0. The van der Waals surface area contributed by atoms with Crippen LogP contribution in [0.5, 0.6) is 11.5 Å². The Morgan fingerprint density at radius 2 is 0.614 bits per heavy atom. The summed E-state index contributed by atoms with van der Waals surface area (Å²) >= 11 is 0. The SMILES string of the molecule is CC1(C)c2cc(-c3ccc4c(c3)N(c3c(-c5ccccc5)cccc3-c3ccccc3)c3cc(-c5ccc6c(c5)C(C)(C)c5cc7c(cc5-6)C(C)(C)c5ccc6ccccc6c5-7)ccc3O4)ccc2-c2cc3c(cc21)-c1c(ccc2ccccc12)C3(C)C. The maximum atomic E-state index is 7.17. The highest BCUT2D eigenvalue weighted by atomic mass is 16.5. The number of rotatable bonds is 5. The molecule has 88 heavy (non-hydrogen) atoms. The van der Waals surface area contributed by atoms with Crippen molar-refractivity contribution < 1.29 is 4.74 Å². The molecule has 4 aliphatic carbocycles. The minimum Gasteiger partial charge on any atom is -0.453 e.